The minimum Gasteiger partial charge on any atom is -0.488 e. The summed E-state index contributed by atoms with van der Waals surface area (Å²) in [5.41, 5.74) is 8.20. The zero-order valence-electron chi connectivity index (χ0n) is 11.5. The van der Waals surface area contributed by atoms with Crippen molar-refractivity contribution in [1.82, 2.24) is 0 Å². The van der Waals surface area contributed by atoms with Gasteiger partial charge in [-0.05, 0) is 43.2 Å². The smallest absolute Gasteiger partial charge is 0.127 e. The van der Waals surface area contributed by atoms with Crippen LogP contribution in [0.3, 0.4) is 0 Å². The average Bonchev–Trinajstić information content (AvgIpc) is 2.39. The largest absolute Gasteiger partial charge is 0.488 e. The topological polar surface area (TPSA) is 35.2 Å². The summed E-state index contributed by atoms with van der Waals surface area (Å²) in [5.74, 6) is -0.315. The lowest BCUT2D eigenvalue weighted by Gasteiger charge is -2.15. The number of hydrogen-bond acceptors (Lipinski definition) is 2. The van der Waals surface area contributed by atoms with Crippen LogP contribution in [-0.2, 0) is 6.61 Å². The van der Waals surface area contributed by atoms with Gasteiger partial charge >= 0.3 is 0 Å². The predicted molar refractivity (Wildman–Crippen MR) is 74.5 cm³/mol. The van der Waals surface area contributed by atoms with Crippen molar-refractivity contribution in [2.24, 2.45) is 5.73 Å². The Labute approximate surface area is 117 Å². The molecule has 0 heterocycles. The zero-order chi connectivity index (χ0) is 14.7. The van der Waals surface area contributed by atoms with E-state index >= 15 is 0 Å². The maximum Gasteiger partial charge on any atom is 0.127 e. The van der Waals surface area contributed by atoms with Gasteiger partial charge < -0.3 is 10.5 Å². The van der Waals surface area contributed by atoms with Crippen LogP contribution in [0, 0.1) is 18.6 Å². The first-order chi connectivity index (χ1) is 9.47. The van der Waals surface area contributed by atoms with E-state index in [9.17, 15) is 8.78 Å². The van der Waals surface area contributed by atoms with Gasteiger partial charge in [-0.2, -0.15) is 0 Å². The standard InChI is InChI=1S/C16H17F2NO/c1-10-3-4-13(17)7-12(10)9-20-16-8-14(18)5-6-15(16)11(2)19/h3-8,11H,9,19H2,1-2H3. The van der Waals surface area contributed by atoms with Gasteiger partial charge in [0.2, 0.25) is 0 Å². The van der Waals surface area contributed by atoms with Gasteiger partial charge in [0.05, 0.1) is 0 Å². The summed E-state index contributed by atoms with van der Waals surface area (Å²) in [4.78, 5) is 0. The summed E-state index contributed by atoms with van der Waals surface area (Å²) < 4.78 is 32.1. The summed E-state index contributed by atoms with van der Waals surface area (Å²) in [6, 6.07) is 8.49. The molecule has 2 aromatic rings. The monoisotopic (exact) mass is 277 g/mol. The van der Waals surface area contributed by atoms with Gasteiger partial charge in [0.1, 0.15) is 24.0 Å². The highest BCUT2D eigenvalue weighted by molar-refractivity contribution is 5.36. The fraction of sp³-hybridized carbons (Fsp3) is 0.250. The number of nitrogens with two attached hydrogens (primary N) is 1. The lowest BCUT2D eigenvalue weighted by atomic mass is 10.1. The van der Waals surface area contributed by atoms with Gasteiger partial charge in [-0.25, -0.2) is 8.78 Å². The van der Waals surface area contributed by atoms with Crippen molar-refractivity contribution in [2.75, 3.05) is 0 Å². The number of aryl methyl sites for hydroxylation is 1. The fourth-order valence-electron chi connectivity index (χ4n) is 1.96. The van der Waals surface area contributed by atoms with E-state index in [2.05, 4.69) is 0 Å². The van der Waals surface area contributed by atoms with Crippen molar-refractivity contribution < 1.29 is 13.5 Å². The highest BCUT2D eigenvalue weighted by atomic mass is 19.1. The summed E-state index contributed by atoms with van der Waals surface area (Å²) >= 11 is 0. The second-order valence-electron chi connectivity index (χ2n) is 4.83. The molecule has 0 aliphatic heterocycles. The molecule has 0 aliphatic carbocycles. The fourth-order valence-corrected chi connectivity index (χ4v) is 1.96. The first-order valence-corrected chi connectivity index (χ1v) is 6.40. The Balaban J connectivity index is 2.22. The molecule has 2 nitrogen and oxygen atoms in total. The Bertz CT molecular complexity index is 611. The van der Waals surface area contributed by atoms with Crippen LogP contribution in [0.2, 0.25) is 0 Å². The van der Waals surface area contributed by atoms with E-state index < -0.39 is 0 Å². The van der Waals surface area contributed by atoms with Crippen LogP contribution in [0.4, 0.5) is 8.78 Å². The Morgan fingerprint density at radius 2 is 1.75 bits per heavy atom. The molecule has 0 spiro atoms. The van der Waals surface area contributed by atoms with E-state index in [1.807, 2.05) is 6.92 Å². The molecule has 4 heteroatoms. The average molecular weight is 277 g/mol. The molecule has 0 aliphatic rings. The molecule has 0 aromatic heterocycles. The molecule has 2 rings (SSSR count). The highest BCUT2D eigenvalue weighted by Crippen LogP contribution is 2.26. The third-order valence-corrected chi connectivity index (χ3v) is 3.16. The lowest BCUT2D eigenvalue weighted by Crippen LogP contribution is -2.09. The minimum atomic E-state index is -0.389. The highest BCUT2D eigenvalue weighted by Gasteiger charge is 2.10. The van der Waals surface area contributed by atoms with Gasteiger partial charge in [0.15, 0.2) is 0 Å². The molecule has 2 N–H and O–H groups in total. The number of halogens is 2. The number of benzene rings is 2. The van der Waals surface area contributed by atoms with Crippen molar-refractivity contribution in [3.05, 3.63) is 64.7 Å². The number of hydrogen-bond donors (Lipinski definition) is 1. The van der Waals surface area contributed by atoms with Crippen LogP contribution in [0.25, 0.3) is 0 Å². The summed E-state index contributed by atoms with van der Waals surface area (Å²) in [6.07, 6.45) is 0. The first kappa shape index (κ1) is 14.5. The molecular weight excluding hydrogens is 260 g/mol. The van der Waals surface area contributed by atoms with Crippen molar-refractivity contribution in [1.29, 1.82) is 0 Å². The number of ether oxygens (including phenoxy) is 1. The van der Waals surface area contributed by atoms with Crippen LogP contribution >= 0.6 is 0 Å². The van der Waals surface area contributed by atoms with Crippen molar-refractivity contribution in [2.45, 2.75) is 26.5 Å². The maximum absolute atomic E-state index is 13.3. The van der Waals surface area contributed by atoms with Gasteiger partial charge in [-0.1, -0.05) is 12.1 Å². The predicted octanol–water partition coefficient (Wildman–Crippen LogP) is 3.87. The van der Waals surface area contributed by atoms with Gasteiger partial charge in [-0.3, -0.25) is 0 Å². The molecule has 106 valence electrons. The molecule has 0 saturated heterocycles. The molecule has 2 aromatic carbocycles. The second kappa shape index (κ2) is 6.01. The van der Waals surface area contributed by atoms with Crippen LogP contribution in [0.15, 0.2) is 36.4 Å². The van der Waals surface area contributed by atoms with Gasteiger partial charge in [-0.15, -0.1) is 0 Å². The van der Waals surface area contributed by atoms with Crippen LogP contribution in [-0.4, -0.2) is 0 Å². The zero-order valence-corrected chi connectivity index (χ0v) is 11.5. The molecule has 1 unspecified atom stereocenters. The molecule has 0 radical (unpaired) electrons. The Morgan fingerprint density at radius 3 is 2.45 bits per heavy atom. The van der Waals surface area contributed by atoms with Crippen LogP contribution in [0.5, 0.6) is 5.75 Å². The molecule has 20 heavy (non-hydrogen) atoms. The summed E-state index contributed by atoms with van der Waals surface area (Å²) in [6.45, 7) is 3.84. The molecule has 0 saturated carbocycles. The molecule has 0 amide bonds. The second-order valence-corrected chi connectivity index (χ2v) is 4.83. The Morgan fingerprint density at radius 1 is 1.10 bits per heavy atom. The van der Waals surface area contributed by atoms with Gasteiger partial charge in [0.25, 0.3) is 0 Å². The lowest BCUT2D eigenvalue weighted by molar-refractivity contribution is 0.298. The third-order valence-electron chi connectivity index (χ3n) is 3.16. The van der Waals surface area contributed by atoms with Crippen LogP contribution in [0.1, 0.15) is 29.7 Å². The molecule has 1 atom stereocenters. The minimum absolute atomic E-state index is 0.173. The SMILES string of the molecule is Cc1ccc(F)cc1COc1cc(F)ccc1C(C)N. The van der Waals surface area contributed by atoms with E-state index in [-0.39, 0.29) is 24.3 Å². The van der Waals surface area contributed by atoms with Crippen molar-refractivity contribution in [3.63, 3.8) is 0 Å². The van der Waals surface area contributed by atoms with E-state index in [0.717, 1.165) is 16.7 Å². The first-order valence-electron chi connectivity index (χ1n) is 6.40. The maximum atomic E-state index is 13.3. The Hall–Kier alpha value is -1.94. The molecule has 0 fully saturated rings. The quantitative estimate of drug-likeness (QED) is 0.920. The van der Waals surface area contributed by atoms with E-state index in [1.54, 1.807) is 19.1 Å². The van der Waals surface area contributed by atoms with E-state index in [1.165, 1.54) is 24.3 Å². The third kappa shape index (κ3) is 3.33. The van der Waals surface area contributed by atoms with Crippen LogP contribution < -0.4 is 10.5 Å². The molecular formula is C16H17F2NO. The summed E-state index contributed by atoms with van der Waals surface area (Å²) in [5, 5.41) is 0. The van der Waals surface area contributed by atoms with Crippen molar-refractivity contribution >= 4 is 0 Å². The Kier molecular flexibility index (Phi) is 4.35. The van der Waals surface area contributed by atoms with Crippen molar-refractivity contribution in [3.8, 4) is 5.75 Å². The molecule has 0 bridgehead atoms. The summed E-state index contributed by atoms with van der Waals surface area (Å²) in [7, 11) is 0. The van der Waals surface area contributed by atoms with E-state index in [0.29, 0.717) is 5.75 Å². The number of rotatable bonds is 4. The normalized spacial score (nSPS) is 12.2. The van der Waals surface area contributed by atoms with Gasteiger partial charge in [0, 0.05) is 17.7 Å². The van der Waals surface area contributed by atoms with E-state index in [4.69, 9.17) is 10.5 Å².